The lowest BCUT2D eigenvalue weighted by atomic mass is 9.95. The number of carbonyl (C=O) groups is 1. The molecule has 146 valence electrons. The molecule has 1 aliphatic carbocycles. The minimum Gasteiger partial charge on any atom is -0.356 e. The highest BCUT2D eigenvalue weighted by Crippen LogP contribution is 2.17. The van der Waals surface area contributed by atoms with Gasteiger partial charge in [-0.3, -0.25) is 14.7 Å². The van der Waals surface area contributed by atoms with Gasteiger partial charge in [-0.05, 0) is 40.5 Å². The molecule has 6 heteroatoms. The Morgan fingerprint density at radius 1 is 1.04 bits per heavy atom. The average molecular weight is 354 g/mol. The minimum atomic E-state index is 0.139. The van der Waals surface area contributed by atoms with Crippen LogP contribution in [0.4, 0.5) is 0 Å². The van der Waals surface area contributed by atoms with Crippen molar-refractivity contribution < 1.29 is 4.79 Å². The van der Waals surface area contributed by atoms with Crippen LogP contribution in [0.5, 0.6) is 0 Å². The summed E-state index contributed by atoms with van der Waals surface area (Å²) in [5.74, 6) is 0.901. The van der Waals surface area contributed by atoms with E-state index in [2.05, 4.69) is 53.5 Å². The molecule has 0 atom stereocenters. The smallest absolute Gasteiger partial charge is 0.221 e. The summed E-state index contributed by atoms with van der Waals surface area (Å²) in [6, 6.07) is 1.44. The lowest BCUT2D eigenvalue weighted by Crippen LogP contribution is -2.46. The van der Waals surface area contributed by atoms with Crippen molar-refractivity contribution in [2.45, 2.75) is 84.3 Å². The van der Waals surface area contributed by atoms with Gasteiger partial charge in [0.1, 0.15) is 0 Å². The summed E-state index contributed by atoms with van der Waals surface area (Å²) in [4.78, 5) is 18.7. The third-order valence-electron chi connectivity index (χ3n) is 4.83. The van der Waals surface area contributed by atoms with Crippen molar-refractivity contribution in [3.63, 3.8) is 0 Å². The number of aliphatic imine (C=N–C) groups is 1. The molecule has 1 amide bonds. The van der Waals surface area contributed by atoms with Crippen molar-refractivity contribution in [3.8, 4) is 0 Å². The lowest BCUT2D eigenvalue weighted by molar-refractivity contribution is -0.121. The van der Waals surface area contributed by atoms with Crippen LogP contribution in [0.2, 0.25) is 0 Å². The highest BCUT2D eigenvalue weighted by atomic mass is 16.1. The van der Waals surface area contributed by atoms with Gasteiger partial charge in [0.2, 0.25) is 5.91 Å². The van der Waals surface area contributed by atoms with Gasteiger partial charge < -0.3 is 16.0 Å². The number of hydrogen-bond donors (Lipinski definition) is 3. The number of rotatable bonds is 9. The van der Waals surface area contributed by atoms with Crippen LogP contribution in [0.15, 0.2) is 4.99 Å². The summed E-state index contributed by atoms with van der Waals surface area (Å²) in [5, 5.41) is 9.71. The van der Waals surface area contributed by atoms with Crippen LogP contribution in [0.1, 0.15) is 66.2 Å². The normalized spacial score (nSPS) is 16.6. The molecule has 0 aromatic heterocycles. The Labute approximate surface area is 154 Å². The van der Waals surface area contributed by atoms with E-state index in [-0.39, 0.29) is 5.91 Å². The molecule has 0 aromatic carbocycles. The second kappa shape index (κ2) is 12.1. The molecule has 3 N–H and O–H groups in total. The van der Waals surface area contributed by atoms with Crippen LogP contribution in [0, 0.1) is 0 Å². The zero-order valence-corrected chi connectivity index (χ0v) is 16.9. The van der Waals surface area contributed by atoms with Crippen LogP contribution in [-0.2, 0) is 4.79 Å². The minimum absolute atomic E-state index is 0.139. The van der Waals surface area contributed by atoms with Gasteiger partial charge in [0.25, 0.3) is 0 Å². The quantitative estimate of drug-likeness (QED) is 0.439. The van der Waals surface area contributed by atoms with E-state index in [4.69, 9.17) is 0 Å². The number of amides is 1. The second-order valence-corrected chi connectivity index (χ2v) is 7.50. The SMILES string of the molecule is CN=C(NCCC(=O)NC1CCCCC1)NCCN(C(C)C)C(C)C. The Balaban J connectivity index is 2.19. The van der Waals surface area contributed by atoms with Crippen LogP contribution < -0.4 is 16.0 Å². The van der Waals surface area contributed by atoms with Gasteiger partial charge in [-0.15, -0.1) is 0 Å². The highest BCUT2D eigenvalue weighted by Gasteiger charge is 2.15. The predicted octanol–water partition coefficient (Wildman–Crippen LogP) is 2.11. The Bertz CT molecular complexity index is 395. The van der Waals surface area contributed by atoms with E-state index in [1.165, 1.54) is 19.3 Å². The maximum Gasteiger partial charge on any atom is 0.221 e. The third kappa shape index (κ3) is 9.10. The van der Waals surface area contributed by atoms with Crippen LogP contribution in [0.3, 0.4) is 0 Å². The Hall–Kier alpha value is -1.30. The number of nitrogens with zero attached hydrogens (tertiary/aromatic N) is 2. The van der Waals surface area contributed by atoms with E-state index in [0.717, 1.165) is 31.9 Å². The molecule has 1 aliphatic rings. The summed E-state index contributed by atoms with van der Waals surface area (Å²) in [5.41, 5.74) is 0. The largest absolute Gasteiger partial charge is 0.356 e. The van der Waals surface area contributed by atoms with Gasteiger partial charge in [-0.2, -0.15) is 0 Å². The Morgan fingerprint density at radius 2 is 1.64 bits per heavy atom. The number of carbonyl (C=O) groups excluding carboxylic acids is 1. The first-order valence-corrected chi connectivity index (χ1v) is 9.93. The number of nitrogens with one attached hydrogen (secondary N) is 3. The van der Waals surface area contributed by atoms with E-state index < -0.39 is 0 Å². The van der Waals surface area contributed by atoms with Crippen molar-refractivity contribution in [1.82, 2.24) is 20.9 Å². The summed E-state index contributed by atoms with van der Waals surface area (Å²) in [6.07, 6.45) is 6.53. The summed E-state index contributed by atoms with van der Waals surface area (Å²) in [6.45, 7) is 11.3. The molecule has 0 heterocycles. The first-order valence-electron chi connectivity index (χ1n) is 9.93. The number of guanidine groups is 1. The first kappa shape index (κ1) is 21.7. The lowest BCUT2D eigenvalue weighted by Gasteiger charge is -2.30. The van der Waals surface area contributed by atoms with Gasteiger partial charge in [0, 0.05) is 51.2 Å². The molecular weight excluding hydrogens is 314 g/mol. The first-order chi connectivity index (χ1) is 11.9. The van der Waals surface area contributed by atoms with E-state index in [1.807, 2.05) is 0 Å². The molecular formula is C19H39N5O. The average Bonchev–Trinajstić information content (AvgIpc) is 2.57. The van der Waals surface area contributed by atoms with Gasteiger partial charge in [-0.25, -0.2) is 0 Å². The van der Waals surface area contributed by atoms with Crippen molar-refractivity contribution in [1.29, 1.82) is 0 Å². The second-order valence-electron chi connectivity index (χ2n) is 7.50. The molecule has 0 aliphatic heterocycles. The van der Waals surface area contributed by atoms with E-state index in [0.29, 0.717) is 31.1 Å². The van der Waals surface area contributed by atoms with Crippen molar-refractivity contribution >= 4 is 11.9 Å². The van der Waals surface area contributed by atoms with Crippen molar-refractivity contribution in [2.24, 2.45) is 4.99 Å². The molecule has 0 unspecified atom stereocenters. The molecule has 0 aromatic rings. The zero-order chi connectivity index (χ0) is 18.7. The fourth-order valence-electron chi connectivity index (χ4n) is 3.48. The van der Waals surface area contributed by atoms with Crippen LogP contribution in [0.25, 0.3) is 0 Å². The van der Waals surface area contributed by atoms with Crippen molar-refractivity contribution in [3.05, 3.63) is 0 Å². The van der Waals surface area contributed by atoms with Gasteiger partial charge in [0.05, 0.1) is 0 Å². The molecule has 6 nitrogen and oxygen atoms in total. The topological polar surface area (TPSA) is 68.8 Å². The van der Waals surface area contributed by atoms with E-state index in [1.54, 1.807) is 7.05 Å². The Morgan fingerprint density at radius 3 is 2.20 bits per heavy atom. The molecule has 0 saturated heterocycles. The van der Waals surface area contributed by atoms with Gasteiger partial charge in [-0.1, -0.05) is 19.3 Å². The van der Waals surface area contributed by atoms with Crippen LogP contribution >= 0.6 is 0 Å². The maximum absolute atomic E-state index is 12.0. The number of hydrogen-bond acceptors (Lipinski definition) is 3. The molecule has 25 heavy (non-hydrogen) atoms. The maximum atomic E-state index is 12.0. The monoisotopic (exact) mass is 353 g/mol. The predicted molar refractivity (Wildman–Crippen MR) is 106 cm³/mol. The molecule has 1 rings (SSSR count). The Kier molecular flexibility index (Phi) is 10.5. The molecule has 1 fully saturated rings. The molecule has 1 saturated carbocycles. The standard InChI is InChI=1S/C19H39N5O/c1-15(2)24(16(3)4)14-13-22-19(20-5)21-12-11-18(25)23-17-9-7-6-8-10-17/h15-17H,6-14H2,1-5H3,(H,23,25)(H2,20,21,22). The fourth-order valence-corrected chi connectivity index (χ4v) is 3.48. The summed E-state index contributed by atoms with van der Waals surface area (Å²) < 4.78 is 0. The zero-order valence-electron chi connectivity index (χ0n) is 16.9. The molecule has 0 radical (unpaired) electrons. The van der Waals surface area contributed by atoms with E-state index >= 15 is 0 Å². The van der Waals surface area contributed by atoms with E-state index in [9.17, 15) is 4.79 Å². The highest BCUT2D eigenvalue weighted by molar-refractivity contribution is 5.81. The summed E-state index contributed by atoms with van der Waals surface area (Å²) in [7, 11) is 1.76. The van der Waals surface area contributed by atoms with Crippen LogP contribution in [-0.4, -0.2) is 61.6 Å². The fraction of sp³-hybridized carbons (Fsp3) is 0.895. The molecule has 0 bridgehead atoms. The van der Waals surface area contributed by atoms with Crippen molar-refractivity contribution in [2.75, 3.05) is 26.7 Å². The van der Waals surface area contributed by atoms with Gasteiger partial charge >= 0.3 is 0 Å². The van der Waals surface area contributed by atoms with Gasteiger partial charge in [0.15, 0.2) is 5.96 Å². The summed E-state index contributed by atoms with van der Waals surface area (Å²) >= 11 is 0. The molecule has 0 spiro atoms. The third-order valence-corrected chi connectivity index (χ3v) is 4.83.